The summed E-state index contributed by atoms with van der Waals surface area (Å²) in [7, 11) is 0. The van der Waals surface area contributed by atoms with Gasteiger partial charge < -0.3 is 10.2 Å². The van der Waals surface area contributed by atoms with Crippen LogP contribution in [0.25, 0.3) is 0 Å². The van der Waals surface area contributed by atoms with Crippen molar-refractivity contribution < 1.29 is 4.79 Å². The van der Waals surface area contributed by atoms with Crippen molar-refractivity contribution in [3.63, 3.8) is 0 Å². The van der Waals surface area contributed by atoms with E-state index in [9.17, 15) is 4.79 Å². The molecule has 0 heterocycles. The quantitative estimate of drug-likeness (QED) is 0.343. The molecule has 4 aliphatic rings. The highest BCUT2D eigenvalue weighted by atomic mass is 32.1. The lowest BCUT2D eigenvalue weighted by Crippen LogP contribution is -2.51. The summed E-state index contributed by atoms with van der Waals surface area (Å²) in [5.41, 5.74) is 5.99. The molecule has 1 amide bonds. The SMILES string of the molecule is CCN(CC)CCCNC(=S)NNC(=O)CC12CC3CC(CC(C3)C1)C2. The Morgan fingerprint density at radius 2 is 1.62 bits per heavy atom. The van der Waals surface area contributed by atoms with Gasteiger partial charge in [-0.25, -0.2) is 0 Å². The van der Waals surface area contributed by atoms with Crippen LogP contribution in [0, 0.1) is 23.2 Å². The van der Waals surface area contributed by atoms with Crippen LogP contribution in [0.1, 0.15) is 65.2 Å². The van der Waals surface area contributed by atoms with Gasteiger partial charge in [-0.3, -0.25) is 15.6 Å². The first-order chi connectivity index (χ1) is 12.5. The molecule has 4 fully saturated rings. The van der Waals surface area contributed by atoms with Crippen LogP contribution in [0.15, 0.2) is 0 Å². The molecule has 0 spiro atoms. The van der Waals surface area contributed by atoms with Gasteiger partial charge >= 0.3 is 0 Å². The highest BCUT2D eigenvalue weighted by Crippen LogP contribution is 2.61. The first-order valence-corrected chi connectivity index (χ1v) is 11.0. The zero-order valence-electron chi connectivity index (χ0n) is 16.5. The molecule has 0 atom stereocenters. The molecule has 148 valence electrons. The van der Waals surface area contributed by atoms with Crippen molar-refractivity contribution in [3.8, 4) is 0 Å². The number of nitrogens with zero attached hydrogens (tertiary/aromatic N) is 1. The Morgan fingerprint density at radius 3 is 2.15 bits per heavy atom. The van der Waals surface area contributed by atoms with Crippen LogP contribution in [0.4, 0.5) is 0 Å². The Balaban J connectivity index is 1.32. The molecule has 0 saturated heterocycles. The molecule has 0 aliphatic heterocycles. The highest BCUT2D eigenvalue weighted by molar-refractivity contribution is 7.80. The van der Waals surface area contributed by atoms with Crippen LogP contribution in [-0.4, -0.2) is 42.1 Å². The van der Waals surface area contributed by atoms with Crippen molar-refractivity contribution in [1.29, 1.82) is 0 Å². The van der Waals surface area contributed by atoms with Crippen LogP contribution in [0.3, 0.4) is 0 Å². The van der Waals surface area contributed by atoms with E-state index in [1.54, 1.807) is 0 Å². The van der Waals surface area contributed by atoms with Crippen LogP contribution in [-0.2, 0) is 4.79 Å². The fourth-order valence-corrected chi connectivity index (χ4v) is 6.26. The van der Waals surface area contributed by atoms with E-state index >= 15 is 0 Å². The van der Waals surface area contributed by atoms with Crippen LogP contribution in [0.5, 0.6) is 0 Å². The number of hydrogen-bond acceptors (Lipinski definition) is 3. The van der Waals surface area contributed by atoms with Crippen molar-refractivity contribution in [2.75, 3.05) is 26.2 Å². The van der Waals surface area contributed by atoms with E-state index < -0.39 is 0 Å². The Morgan fingerprint density at radius 1 is 1.04 bits per heavy atom. The molecule has 4 saturated carbocycles. The number of hydrogen-bond donors (Lipinski definition) is 3. The summed E-state index contributed by atoms with van der Waals surface area (Å²) in [5.74, 6) is 2.75. The van der Waals surface area contributed by atoms with Gasteiger partial charge in [-0.2, -0.15) is 0 Å². The predicted molar refractivity (Wildman–Crippen MR) is 110 cm³/mol. The third-order valence-electron chi connectivity index (χ3n) is 6.85. The number of thiocarbonyl (C=S) groups is 1. The van der Waals surface area contributed by atoms with Crippen LogP contribution < -0.4 is 16.2 Å². The van der Waals surface area contributed by atoms with Crippen molar-refractivity contribution in [1.82, 2.24) is 21.1 Å². The molecule has 26 heavy (non-hydrogen) atoms. The zero-order valence-corrected chi connectivity index (χ0v) is 17.3. The molecule has 4 rings (SSSR count). The number of rotatable bonds is 8. The van der Waals surface area contributed by atoms with Crippen LogP contribution in [0.2, 0.25) is 0 Å². The fourth-order valence-electron chi connectivity index (χ4n) is 6.11. The zero-order chi connectivity index (χ0) is 18.6. The molecule has 0 radical (unpaired) electrons. The van der Waals surface area contributed by atoms with Gasteiger partial charge in [0.15, 0.2) is 5.11 Å². The molecule has 6 heteroatoms. The number of carbonyl (C=O) groups excluding carboxylic acids is 1. The predicted octanol–water partition coefficient (Wildman–Crippen LogP) is 2.82. The van der Waals surface area contributed by atoms with Gasteiger partial charge in [0.2, 0.25) is 5.91 Å². The number of carbonyl (C=O) groups is 1. The largest absolute Gasteiger partial charge is 0.361 e. The van der Waals surface area contributed by atoms with E-state index in [4.69, 9.17) is 12.2 Å². The Kier molecular flexibility index (Phi) is 6.78. The molecule has 3 N–H and O–H groups in total. The molecule has 4 bridgehead atoms. The summed E-state index contributed by atoms with van der Waals surface area (Å²) < 4.78 is 0. The second kappa shape index (κ2) is 8.87. The summed E-state index contributed by atoms with van der Waals surface area (Å²) in [6.45, 7) is 8.43. The second-order valence-electron chi connectivity index (χ2n) is 8.90. The lowest BCUT2D eigenvalue weighted by molar-refractivity contribution is -0.130. The molecular formula is C20H36N4OS. The Labute approximate surface area is 164 Å². The third-order valence-corrected chi connectivity index (χ3v) is 7.09. The highest BCUT2D eigenvalue weighted by Gasteiger charge is 2.51. The van der Waals surface area contributed by atoms with Crippen molar-refractivity contribution >= 4 is 23.2 Å². The van der Waals surface area contributed by atoms with Crippen molar-refractivity contribution in [3.05, 3.63) is 0 Å². The lowest BCUT2D eigenvalue weighted by Gasteiger charge is -2.56. The average molecular weight is 381 g/mol. The van der Waals surface area contributed by atoms with E-state index in [2.05, 4.69) is 34.9 Å². The summed E-state index contributed by atoms with van der Waals surface area (Å²) in [5, 5.41) is 3.70. The van der Waals surface area contributed by atoms with Crippen molar-refractivity contribution in [2.24, 2.45) is 23.2 Å². The average Bonchev–Trinajstić information content (AvgIpc) is 2.58. The van der Waals surface area contributed by atoms with Gasteiger partial charge in [0, 0.05) is 13.0 Å². The summed E-state index contributed by atoms with van der Waals surface area (Å²) in [6.07, 6.45) is 9.75. The van der Waals surface area contributed by atoms with Gasteiger partial charge in [-0.1, -0.05) is 13.8 Å². The topological polar surface area (TPSA) is 56.4 Å². The van der Waals surface area contributed by atoms with E-state index in [0.29, 0.717) is 11.5 Å². The Bertz CT molecular complexity index is 471. The maximum absolute atomic E-state index is 12.5. The maximum atomic E-state index is 12.5. The van der Waals surface area contributed by atoms with Gasteiger partial charge in [0.05, 0.1) is 0 Å². The van der Waals surface area contributed by atoms with E-state index in [1.807, 2.05) is 0 Å². The minimum Gasteiger partial charge on any atom is -0.361 e. The molecule has 0 unspecified atom stereocenters. The third kappa shape index (κ3) is 5.10. The first kappa shape index (κ1) is 19.9. The van der Waals surface area contributed by atoms with Gasteiger partial charge in [-0.15, -0.1) is 0 Å². The molecule has 0 aromatic rings. The van der Waals surface area contributed by atoms with Gasteiger partial charge in [0.25, 0.3) is 0 Å². The van der Waals surface area contributed by atoms with Gasteiger partial charge in [-0.05, 0) is 100.0 Å². The first-order valence-electron chi connectivity index (χ1n) is 10.6. The van der Waals surface area contributed by atoms with Crippen molar-refractivity contribution in [2.45, 2.75) is 65.2 Å². The lowest BCUT2D eigenvalue weighted by atomic mass is 9.49. The standard InChI is InChI=1S/C20H36N4OS/c1-3-24(4-2)7-5-6-21-19(26)23-22-18(25)14-20-11-15-8-16(12-20)10-17(9-15)13-20/h15-17H,3-14H2,1-2H3,(H,22,25)(H2,21,23,26). The molecular weight excluding hydrogens is 344 g/mol. The smallest absolute Gasteiger partial charge is 0.238 e. The second-order valence-corrected chi connectivity index (χ2v) is 9.31. The minimum atomic E-state index is 0.0965. The fraction of sp³-hybridized carbons (Fsp3) is 0.900. The number of nitrogens with one attached hydrogen (secondary N) is 3. The summed E-state index contributed by atoms with van der Waals surface area (Å²) in [6, 6.07) is 0. The molecule has 5 nitrogen and oxygen atoms in total. The van der Waals surface area contributed by atoms with Crippen LogP contribution >= 0.6 is 12.2 Å². The monoisotopic (exact) mass is 380 g/mol. The number of amides is 1. The molecule has 0 aromatic heterocycles. The van der Waals surface area contributed by atoms with E-state index in [-0.39, 0.29) is 11.3 Å². The normalized spacial score (nSPS) is 31.9. The Hall–Kier alpha value is -0.880. The molecule has 4 aliphatic carbocycles. The molecule has 0 aromatic carbocycles. The summed E-state index contributed by atoms with van der Waals surface area (Å²) in [4.78, 5) is 14.9. The van der Waals surface area contributed by atoms with Gasteiger partial charge in [0.1, 0.15) is 0 Å². The van der Waals surface area contributed by atoms with E-state index in [1.165, 1.54) is 38.5 Å². The van der Waals surface area contributed by atoms with E-state index in [0.717, 1.165) is 50.4 Å². The summed E-state index contributed by atoms with van der Waals surface area (Å²) >= 11 is 5.27. The maximum Gasteiger partial charge on any atom is 0.238 e. The number of hydrazine groups is 1. The minimum absolute atomic E-state index is 0.0965.